The normalized spacial score (nSPS) is 17.5. The number of carbonyl (C=O) groups is 3. The molecule has 10 heteroatoms. The summed E-state index contributed by atoms with van der Waals surface area (Å²) in [4.78, 5) is 41.5. The Labute approximate surface area is 242 Å². The Bertz CT molecular complexity index is 1420. The van der Waals surface area contributed by atoms with E-state index in [0.29, 0.717) is 5.56 Å². The van der Waals surface area contributed by atoms with Crippen molar-refractivity contribution >= 4 is 29.5 Å². The number of amides is 3. The Balaban J connectivity index is 1.56. The molecule has 0 radical (unpaired) electrons. The van der Waals surface area contributed by atoms with E-state index in [1.807, 2.05) is 45.0 Å². The Morgan fingerprint density at radius 1 is 1.02 bits per heavy atom. The average molecular weight is 582 g/mol. The van der Waals surface area contributed by atoms with Gasteiger partial charge >= 0.3 is 0 Å². The van der Waals surface area contributed by atoms with E-state index in [0.717, 1.165) is 23.3 Å². The molecule has 3 amide bonds. The summed E-state index contributed by atoms with van der Waals surface area (Å²) in [5.41, 5.74) is 2.12. The summed E-state index contributed by atoms with van der Waals surface area (Å²) in [5, 5.41) is 16.8. The van der Waals surface area contributed by atoms with Crippen LogP contribution in [0.25, 0.3) is 0 Å². The number of rotatable bonds is 9. The number of nitrogens with one attached hydrogen (secondary N) is 2. The highest BCUT2D eigenvalue weighted by molar-refractivity contribution is 8.00. The summed E-state index contributed by atoms with van der Waals surface area (Å²) in [6, 6.07) is 17.6. The van der Waals surface area contributed by atoms with Crippen molar-refractivity contribution in [1.82, 2.24) is 15.5 Å². The monoisotopic (exact) mass is 581 g/mol. The van der Waals surface area contributed by atoms with Gasteiger partial charge in [0.2, 0.25) is 5.91 Å². The Morgan fingerprint density at radius 2 is 1.71 bits per heavy atom. The van der Waals surface area contributed by atoms with E-state index in [-0.39, 0.29) is 24.7 Å². The number of aliphatic hydroxyl groups is 1. The van der Waals surface area contributed by atoms with E-state index in [1.54, 1.807) is 30.3 Å². The van der Waals surface area contributed by atoms with Crippen LogP contribution in [0.4, 0.5) is 8.78 Å². The fourth-order valence-corrected chi connectivity index (χ4v) is 6.02. The molecule has 4 rings (SSSR count). The summed E-state index contributed by atoms with van der Waals surface area (Å²) >= 11 is 1.40. The van der Waals surface area contributed by atoms with Crippen molar-refractivity contribution in [2.75, 3.05) is 5.88 Å². The zero-order valence-electron chi connectivity index (χ0n) is 23.1. The van der Waals surface area contributed by atoms with E-state index < -0.39 is 51.9 Å². The second kappa shape index (κ2) is 12.8. The molecule has 1 saturated heterocycles. The first-order chi connectivity index (χ1) is 19.5. The minimum atomic E-state index is -1.77. The highest BCUT2D eigenvalue weighted by atomic mass is 32.2. The van der Waals surface area contributed by atoms with E-state index >= 15 is 0 Å². The number of hydrogen-bond acceptors (Lipinski definition) is 5. The van der Waals surface area contributed by atoms with E-state index in [2.05, 4.69) is 10.6 Å². The van der Waals surface area contributed by atoms with Crippen LogP contribution >= 0.6 is 11.8 Å². The predicted molar refractivity (Wildman–Crippen MR) is 154 cm³/mol. The summed E-state index contributed by atoms with van der Waals surface area (Å²) in [6.07, 6.45) is -1.73. The maximum atomic E-state index is 14.4. The number of hydrogen-bond donors (Lipinski definition) is 3. The van der Waals surface area contributed by atoms with Crippen LogP contribution in [-0.2, 0) is 22.6 Å². The third-order valence-corrected chi connectivity index (χ3v) is 8.61. The van der Waals surface area contributed by atoms with Crippen LogP contribution in [0.3, 0.4) is 0 Å². The first-order valence-corrected chi connectivity index (χ1v) is 14.2. The molecule has 216 valence electrons. The third kappa shape index (κ3) is 6.94. The fourth-order valence-electron chi connectivity index (χ4n) is 4.88. The fraction of sp³-hybridized carbons (Fsp3) is 0.323. The summed E-state index contributed by atoms with van der Waals surface area (Å²) < 4.78 is 27.5. The molecule has 41 heavy (non-hydrogen) atoms. The zero-order valence-corrected chi connectivity index (χ0v) is 23.9. The molecule has 0 saturated carbocycles. The molecule has 3 N–H and O–H groups in total. The second-order valence-corrected chi connectivity index (χ2v) is 12.1. The third-order valence-electron chi connectivity index (χ3n) is 7.24. The van der Waals surface area contributed by atoms with Crippen LogP contribution in [0.15, 0.2) is 72.8 Å². The van der Waals surface area contributed by atoms with Crippen LogP contribution in [-0.4, -0.2) is 56.5 Å². The second-order valence-electron chi connectivity index (χ2n) is 10.5. The molecule has 1 fully saturated rings. The van der Waals surface area contributed by atoms with Gasteiger partial charge in [-0.1, -0.05) is 60.7 Å². The minimum Gasteiger partial charge on any atom is -0.381 e. The Kier molecular flexibility index (Phi) is 9.45. The lowest BCUT2D eigenvalue weighted by Crippen LogP contribution is -2.58. The van der Waals surface area contributed by atoms with Gasteiger partial charge in [-0.2, -0.15) is 0 Å². The van der Waals surface area contributed by atoms with Crippen molar-refractivity contribution < 1.29 is 28.3 Å². The molecule has 3 aromatic rings. The first kappa shape index (κ1) is 30.2. The number of nitrogens with zero attached hydrogens (tertiary/aromatic N) is 1. The average Bonchev–Trinajstić information content (AvgIpc) is 3.28. The number of thioether (sulfide) groups is 1. The van der Waals surface area contributed by atoms with Crippen LogP contribution < -0.4 is 10.6 Å². The SMILES string of the molecule is Cc1ccccc1CNC(=O)C1N(C(=O)C(O)C(Cc2ccccc2)NC(=O)c2cccc(F)c2F)CSC1(C)C. The maximum Gasteiger partial charge on any atom is 0.254 e. The lowest BCUT2D eigenvalue weighted by molar-refractivity contribution is -0.147. The van der Waals surface area contributed by atoms with Crippen LogP contribution in [0, 0.1) is 18.6 Å². The van der Waals surface area contributed by atoms with Crippen molar-refractivity contribution in [3.05, 3.63) is 107 Å². The van der Waals surface area contributed by atoms with Crippen LogP contribution in [0.5, 0.6) is 0 Å². The van der Waals surface area contributed by atoms with Crippen molar-refractivity contribution in [3.8, 4) is 0 Å². The largest absolute Gasteiger partial charge is 0.381 e. The molecule has 0 aromatic heterocycles. The van der Waals surface area contributed by atoms with Gasteiger partial charge in [-0.3, -0.25) is 14.4 Å². The number of aryl methyl sites for hydroxylation is 1. The van der Waals surface area contributed by atoms with Gasteiger partial charge in [0.25, 0.3) is 11.8 Å². The Morgan fingerprint density at radius 3 is 2.41 bits per heavy atom. The van der Waals surface area contributed by atoms with Gasteiger partial charge in [0.15, 0.2) is 17.7 Å². The van der Waals surface area contributed by atoms with Crippen molar-refractivity contribution in [2.45, 2.75) is 56.7 Å². The van der Waals surface area contributed by atoms with Crippen LogP contribution in [0.2, 0.25) is 0 Å². The molecule has 3 unspecified atom stereocenters. The lowest BCUT2D eigenvalue weighted by Gasteiger charge is -2.33. The summed E-state index contributed by atoms with van der Waals surface area (Å²) in [7, 11) is 0. The number of benzene rings is 3. The summed E-state index contributed by atoms with van der Waals surface area (Å²) in [5.74, 6) is -4.46. The van der Waals surface area contributed by atoms with Gasteiger partial charge in [-0.15, -0.1) is 11.8 Å². The molecule has 1 heterocycles. The highest BCUT2D eigenvalue weighted by Crippen LogP contribution is 2.40. The van der Waals surface area contributed by atoms with Crippen molar-refractivity contribution in [2.24, 2.45) is 0 Å². The predicted octanol–water partition coefficient (Wildman–Crippen LogP) is 3.97. The molecular weight excluding hydrogens is 548 g/mol. The van der Waals surface area contributed by atoms with Gasteiger partial charge in [0, 0.05) is 11.3 Å². The van der Waals surface area contributed by atoms with Crippen LogP contribution in [0.1, 0.15) is 40.9 Å². The van der Waals surface area contributed by atoms with E-state index in [1.165, 1.54) is 22.7 Å². The van der Waals surface area contributed by atoms with Gasteiger partial charge < -0.3 is 20.6 Å². The van der Waals surface area contributed by atoms with Crippen molar-refractivity contribution in [1.29, 1.82) is 0 Å². The molecule has 3 aromatic carbocycles. The van der Waals surface area contributed by atoms with Crippen molar-refractivity contribution in [3.63, 3.8) is 0 Å². The molecule has 0 spiro atoms. The lowest BCUT2D eigenvalue weighted by atomic mass is 9.96. The number of carbonyl (C=O) groups excluding carboxylic acids is 3. The minimum absolute atomic E-state index is 0.0327. The van der Waals surface area contributed by atoms with Gasteiger partial charge in [-0.25, -0.2) is 8.78 Å². The molecule has 7 nitrogen and oxygen atoms in total. The molecule has 0 bridgehead atoms. The molecule has 0 aliphatic carbocycles. The number of aliphatic hydroxyl groups excluding tert-OH is 1. The smallest absolute Gasteiger partial charge is 0.254 e. The summed E-state index contributed by atoms with van der Waals surface area (Å²) in [6.45, 7) is 5.93. The molecular formula is C31H33F2N3O4S. The van der Waals surface area contributed by atoms with E-state index in [9.17, 15) is 28.3 Å². The zero-order chi connectivity index (χ0) is 29.7. The molecule has 1 aliphatic heterocycles. The maximum absolute atomic E-state index is 14.4. The molecule has 3 atom stereocenters. The van der Waals surface area contributed by atoms with Gasteiger partial charge in [-0.05, 0) is 56.0 Å². The topological polar surface area (TPSA) is 98.7 Å². The standard InChI is InChI=1S/C31H33F2N3O4S/c1-19-10-7-8-13-21(19)17-34-29(39)27-31(2,3)41-18-36(27)30(40)26(37)24(16-20-11-5-4-6-12-20)35-28(38)22-14-9-15-23(32)25(22)33/h4-15,24,26-27,37H,16-18H2,1-3H3,(H,34,39)(H,35,38). The van der Waals surface area contributed by atoms with E-state index in [4.69, 9.17) is 0 Å². The first-order valence-electron chi connectivity index (χ1n) is 13.2. The number of halogens is 2. The van der Waals surface area contributed by atoms with Gasteiger partial charge in [0.05, 0.1) is 17.5 Å². The highest BCUT2D eigenvalue weighted by Gasteiger charge is 2.49. The van der Waals surface area contributed by atoms with Gasteiger partial charge in [0.1, 0.15) is 6.04 Å². The molecule has 1 aliphatic rings. The quantitative estimate of drug-likeness (QED) is 0.355. The Hall–Kier alpha value is -3.76.